The van der Waals surface area contributed by atoms with Crippen LogP contribution >= 0.6 is 0 Å². The molecule has 0 amide bonds. The largest absolute Gasteiger partial charge is 0.492 e. The molecule has 2 heteroatoms. The zero-order chi connectivity index (χ0) is 19.1. The van der Waals surface area contributed by atoms with Crippen molar-refractivity contribution in [3.63, 3.8) is 0 Å². The van der Waals surface area contributed by atoms with Gasteiger partial charge in [0, 0.05) is 12.5 Å². The van der Waals surface area contributed by atoms with Crippen molar-refractivity contribution < 1.29 is 4.74 Å². The van der Waals surface area contributed by atoms with Gasteiger partial charge >= 0.3 is 0 Å². The third-order valence-electron chi connectivity index (χ3n) is 4.87. The van der Waals surface area contributed by atoms with E-state index in [0.717, 1.165) is 18.7 Å². The molecule has 0 radical (unpaired) electrons. The summed E-state index contributed by atoms with van der Waals surface area (Å²) >= 11 is 0. The van der Waals surface area contributed by atoms with E-state index in [2.05, 4.69) is 105 Å². The molecule has 1 aliphatic carbocycles. The van der Waals surface area contributed by atoms with E-state index in [9.17, 15) is 0 Å². The molecule has 0 aromatic heterocycles. The first-order valence-corrected chi connectivity index (χ1v) is 9.70. The zero-order valence-corrected chi connectivity index (χ0v) is 16.6. The van der Waals surface area contributed by atoms with Crippen molar-refractivity contribution in [2.24, 2.45) is 5.92 Å². The lowest BCUT2D eigenvalue weighted by atomic mass is 9.85. The van der Waals surface area contributed by atoms with Crippen LogP contribution in [0.1, 0.15) is 24.5 Å². The molecule has 2 nitrogen and oxygen atoms in total. The van der Waals surface area contributed by atoms with E-state index in [4.69, 9.17) is 4.74 Å². The van der Waals surface area contributed by atoms with Crippen LogP contribution in [0.15, 0.2) is 84.5 Å². The van der Waals surface area contributed by atoms with Gasteiger partial charge in [-0.2, -0.15) is 0 Å². The number of hydrogen-bond acceptors (Lipinski definition) is 2. The van der Waals surface area contributed by atoms with Gasteiger partial charge in [-0.3, -0.25) is 0 Å². The Morgan fingerprint density at radius 3 is 2.11 bits per heavy atom. The number of benzene rings is 2. The number of allylic oxidation sites excluding steroid dienone is 5. The van der Waals surface area contributed by atoms with Crippen molar-refractivity contribution >= 4 is 5.57 Å². The average Bonchev–Trinajstić information content (AvgIpc) is 3.21. The summed E-state index contributed by atoms with van der Waals surface area (Å²) in [5.74, 6) is 1.30. The standard InChI is InChI=1S/C25H29NO/c1-4-24(20-10-8-9-11-20)25(21-12-6-5-7-13-21)22-14-16-23(17-15-22)27-19-18-26(2)3/h5-17,20H,4,18-19H2,1-3H3. The predicted octanol–water partition coefficient (Wildman–Crippen LogP) is 5.58. The average molecular weight is 360 g/mol. The molecule has 0 atom stereocenters. The molecule has 27 heavy (non-hydrogen) atoms. The fourth-order valence-corrected chi connectivity index (χ4v) is 3.45. The van der Waals surface area contributed by atoms with Crippen LogP contribution in [-0.2, 0) is 0 Å². The molecule has 0 spiro atoms. The van der Waals surface area contributed by atoms with Crippen LogP contribution in [0.25, 0.3) is 5.57 Å². The summed E-state index contributed by atoms with van der Waals surface area (Å²) in [6.07, 6.45) is 9.86. The molecule has 0 heterocycles. The highest BCUT2D eigenvalue weighted by Gasteiger charge is 2.17. The van der Waals surface area contributed by atoms with Crippen molar-refractivity contribution in [1.29, 1.82) is 0 Å². The number of nitrogens with zero attached hydrogens (tertiary/aromatic N) is 1. The predicted molar refractivity (Wildman–Crippen MR) is 115 cm³/mol. The first kappa shape index (κ1) is 19.2. The Morgan fingerprint density at radius 2 is 1.52 bits per heavy atom. The minimum Gasteiger partial charge on any atom is -0.492 e. The third kappa shape index (κ3) is 4.99. The Hall–Kier alpha value is -2.58. The van der Waals surface area contributed by atoms with Gasteiger partial charge in [-0.05, 0) is 49.3 Å². The van der Waals surface area contributed by atoms with Crippen LogP contribution in [0.5, 0.6) is 5.75 Å². The summed E-state index contributed by atoms with van der Waals surface area (Å²) in [4.78, 5) is 2.13. The van der Waals surface area contributed by atoms with Gasteiger partial charge in [0.15, 0.2) is 0 Å². The van der Waals surface area contributed by atoms with Gasteiger partial charge in [0.05, 0.1) is 0 Å². The molecule has 0 saturated heterocycles. The maximum atomic E-state index is 5.86. The summed E-state index contributed by atoms with van der Waals surface area (Å²) in [5, 5.41) is 0. The summed E-state index contributed by atoms with van der Waals surface area (Å²) in [6, 6.07) is 19.2. The molecular formula is C25H29NO. The smallest absolute Gasteiger partial charge is 0.119 e. The summed E-state index contributed by atoms with van der Waals surface area (Å²) in [6.45, 7) is 3.86. The Bertz CT molecular complexity index is 801. The van der Waals surface area contributed by atoms with Crippen molar-refractivity contribution in [3.8, 4) is 5.75 Å². The van der Waals surface area contributed by atoms with E-state index in [1.165, 1.54) is 22.3 Å². The second kappa shape index (κ2) is 9.38. The Balaban J connectivity index is 1.94. The minimum atomic E-state index is 0.376. The fraction of sp³-hybridized carbons (Fsp3) is 0.280. The van der Waals surface area contributed by atoms with Gasteiger partial charge in [-0.15, -0.1) is 0 Å². The van der Waals surface area contributed by atoms with Crippen molar-refractivity contribution in [2.75, 3.05) is 27.2 Å². The minimum absolute atomic E-state index is 0.376. The topological polar surface area (TPSA) is 12.5 Å². The highest BCUT2D eigenvalue weighted by Crippen LogP contribution is 2.35. The molecule has 0 bridgehead atoms. The quantitative estimate of drug-likeness (QED) is 0.610. The van der Waals surface area contributed by atoms with Crippen LogP contribution < -0.4 is 4.74 Å². The molecule has 0 N–H and O–H groups in total. The first-order valence-electron chi connectivity index (χ1n) is 9.70. The SMILES string of the molecule is CCC(=C(c1ccccc1)c1ccc(OCCN(C)C)cc1)C1C=CC=C1. The molecule has 2 aromatic rings. The number of rotatable bonds is 8. The van der Waals surface area contributed by atoms with Crippen LogP contribution in [0.4, 0.5) is 0 Å². The van der Waals surface area contributed by atoms with Gasteiger partial charge in [0.1, 0.15) is 12.4 Å². The third-order valence-corrected chi connectivity index (χ3v) is 4.87. The number of hydrogen-bond donors (Lipinski definition) is 0. The molecule has 2 aromatic carbocycles. The molecule has 0 saturated carbocycles. The highest BCUT2D eigenvalue weighted by atomic mass is 16.5. The maximum Gasteiger partial charge on any atom is 0.119 e. The first-order chi connectivity index (χ1) is 13.2. The number of ether oxygens (including phenoxy) is 1. The number of likely N-dealkylation sites (N-methyl/N-ethyl adjacent to an activating group) is 1. The van der Waals surface area contributed by atoms with Crippen LogP contribution in [0.3, 0.4) is 0 Å². The normalized spacial score (nSPS) is 14.7. The fourth-order valence-electron chi connectivity index (χ4n) is 3.45. The van der Waals surface area contributed by atoms with E-state index in [-0.39, 0.29) is 0 Å². The molecule has 0 fully saturated rings. The van der Waals surface area contributed by atoms with Gasteiger partial charge in [-0.1, -0.05) is 79.3 Å². The molecule has 140 valence electrons. The lowest BCUT2D eigenvalue weighted by Crippen LogP contribution is -2.19. The van der Waals surface area contributed by atoms with E-state index in [1.807, 2.05) is 0 Å². The summed E-state index contributed by atoms with van der Waals surface area (Å²) in [7, 11) is 4.11. The van der Waals surface area contributed by atoms with Gasteiger partial charge < -0.3 is 9.64 Å². The van der Waals surface area contributed by atoms with E-state index in [1.54, 1.807) is 0 Å². The summed E-state index contributed by atoms with van der Waals surface area (Å²) in [5.41, 5.74) is 5.29. The van der Waals surface area contributed by atoms with Gasteiger partial charge in [-0.25, -0.2) is 0 Å². The van der Waals surface area contributed by atoms with Crippen LogP contribution in [0, 0.1) is 5.92 Å². The highest BCUT2D eigenvalue weighted by molar-refractivity contribution is 5.83. The summed E-state index contributed by atoms with van der Waals surface area (Å²) < 4.78 is 5.86. The Kier molecular flexibility index (Phi) is 6.67. The zero-order valence-electron chi connectivity index (χ0n) is 16.6. The molecule has 0 aliphatic heterocycles. The van der Waals surface area contributed by atoms with Gasteiger partial charge in [0.2, 0.25) is 0 Å². The van der Waals surface area contributed by atoms with Crippen molar-refractivity contribution in [3.05, 3.63) is 95.6 Å². The van der Waals surface area contributed by atoms with Crippen molar-refractivity contribution in [1.82, 2.24) is 4.90 Å². The maximum absolute atomic E-state index is 5.86. The molecule has 1 aliphatic rings. The van der Waals surface area contributed by atoms with Gasteiger partial charge in [0.25, 0.3) is 0 Å². The van der Waals surface area contributed by atoms with E-state index < -0.39 is 0 Å². The molecule has 3 rings (SSSR count). The second-order valence-electron chi connectivity index (χ2n) is 7.09. The van der Waals surface area contributed by atoms with Crippen molar-refractivity contribution in [2.45, 2.75) is 13.3 Å². The van der Waals surface area contributed by atoms with Crippen LogP contribution in [0.2, 0.25) is 0 Å². The second-order valence-corrected chi connectivity index (χ2v) is 7.09. The molecular weight excluding hydrogens is 330 g/mol. The Morgan fingerprint density at radius 1 is 0.889 bits per heavy atom. The lowest BCUT2D eigenvalue weighted by Gasteiger charge is -2.19. The monoisotopic (exact) mass is 359 g/mol. The van der Waals surface area contributed by atoms with E-state index in [0.29, 0.717) is 12.5 Å². The van der Waals surface area contributed by atoms with Crippen LogP contribution in [-0.4, -0.2) is 32.1 Å². The van der Waals surface area contributed by atoms with E-state index >= 15 is 0 Å². The Labute approximate surface area is 163 Å². The molecule has 0 unspecified atom stereocenters. The lowest BCUT2D eigenvalue weighted by molar-refractivity contribution is 0.261.